The van der Waals surface area contributed by atoms with E-state index in [-0.39, 0.29) is 46.3 Å². The first kappa shape index (κ1) is 106. The van der Waals surface area contributed by atoms with Crippen LogP contribution in [0.4, 0.5) is 53.0 Å². The molecule has 0 saturated heterocycles. The highest BCUT2D eigenvalue weighted by molar-refractivity contribution is 6.35. The molecule has 5 aliphatic heterocycles. The molecular formula is C107H105Cl4F4N29O5. The molecule has 149 heavy (non-hydrogen) atoms. The van der Waals surface area contributed by atoms with Crippen molar-refractivity contribution in [2.24, 2.45) is 35.2 Å². The van der Waals surface area contributed by atoms with Gasteiger partial charge in [0, 0.05) is 136 Å². The lowest BCUT2D eigenvalue weighted by Crippen LogP contribution is -2.32. The van der Waals surface area contributed by atoms with E-state index in [4.69, 9.17) is 46.4 Å². The van der Waals surface area contributed by atoms with Gasteiger partial charge in [-0.05, 0) is 226 Å². The van der Waals surface area contributed by atoms with E-state index in [1.54, 1.807) is 71.8 Å². The van der Waals surface area contributed by atoms with Crippen LogP contribution in [0.15, 0.2) is 227 Å². The number of ketones is 4. The Morgan fingerprint density at radius 2 is 0.711 bits per heavy atom. The molecule has 42 heteroatoms. The minimum Gasteiger partial charge on any atom is -0.334 e. The molecule has 0 radical (unpaired) electrons. The molecule has 0 aliphatic carbocycles. The average Bonchev–Trinajstić information content (AvgIpc) is 1.81. The van der Waals surface area contributed by atoms with E-state index in [9.17, 15) is 41.5 Å². The molecule has 0 atom stereocenters. The number of pyridine rings is 1. The molecule has 0 unspecified atom stereocenters. The molecule has 5 aliphatic rings. The number of nitrogens with zero attached hydrogens (tertiary/aromatic N) is 28. The van der Waals surface area contributed by atoms with E-state index < -0.39 is 40.5 Å². The van der Waals surface area contributed by atoms with Crippen LogP contribution in [0.5, 0.6) is 0 Å². The molecular weight excluding hydrogens is 1990 g/mol. The fourth-order valence-corrected chi connectivity index (χ4v) is 18.6. The Kier molecular flexibility index (Phi) is 34.2. The first-order valence-electron chi connectivity index (χ1n) is 47.9. The van der Waals surface area contributed by atoms with Crippen molar-refractivity contribution in [1.82, 2.24) is 116 Å². The molecule has 12 heterocycles. The molecule has 8 aromatic carbocycles. The van der Waals surface area contributed by atoms with Gasteiger partial charge in [0.1, 0.15) is 23.3 Å². The smallest absolute Gasteiger partial charge is 0.266 e. The first-order chi connectivity index (χ1) is 71.7. The van der Waals surface area contributed by atoms with Crippen molar-refractivity contribution in [3.8, 4) is 0 Å². The van der Waals surface area contributed by atoms with Gasteiger partial charge in [-0.15, -0.1) is 25.5 Å². The van der Waals surface area contributed by atoms with E-state index in [2.05, 4.69) is 139 Å². The Balaban J connectivity index is 0.000000133. The van der Waals surface area contributed by atoms with E-state index in [0.29, 0.717) is 109 Å². The lowest BCUT2D eigenvalue weighted by molar-refractivity contribution is 0.0976. The van der Waals surface area contributed by atoms with Gasteiger partial charge in [0.15, 0.2) is 23.1 Å². The Morgan fingerprint density at radius 1 is 0.329 bits per heavy atom. The second kappa shape index (κ2) is 48.2. The van der Waals surface area contributed by atoms with Crippen molar-refractivity contribution in [1.29, 1.82) is 0 Å². The number of benzene rings is 8. The van der Waals surface area contributed by atoms with Gasteiger partial charge in [0.2, 0.25) is 0 Å². The van der Waals surface area contributed by atoms with Crippen LogP contribution >= 0.6 is 46.4 Å². The van der Waals surface area contributed by atoms with Crippen LogP contribution in [0.2, 0.25) is 10.0 Å². The van der Waals surface area contributed by atoms with Crippen LogP contribution in [-0.2, 0) is 60.9 Å². The number of halogens is 8. The monoisotopic (exact) mass is 2090 g/mol. The largest absolute Gasteiger partial charge is 0.334 e. The predicted octanol–water partition coefficient (Wildman–Crippen LogP) is 17.7. The van der Waals surface area contributed by atoms with Gasteiger partial charge in [-0.3, -0.25) is 38.9 Å². The van der Waals surface area contributed by atoms with Gasteiger partial charge in [-0.2, -0.15) is 24.0 Å². The van der Waals surface area contributed by atoms with Gasteiger partial charge >= 0.3 is 0 Å². The highest BCUT2D eigenvalue weighted by Crippen LogP contribution is 2.37. The zero-order valence-corrected chi connectivity index (χ0v) is 86.6. The number of carbonyl (C=O) groups is 5. The number of aromatic nitrogens is 23. The molecule has 1 N–H and O–H groups in total. The summed E-state index contributed by atoms with van der Waals surface area (Å²) in [4.78, 5) is 93.4. The van der Waals surface area contributed by atoms with Crippen LogP contribution in [0.3, 0.4) is 0 Å². The number of aryl methyl sites for hydroxylation is 8. The van der Waals surface area contributed by atoms with Gasteiger partial charge in [0.25, 0.3) is 35.6 Å². The second-order valence-corrected chi connectivity index (χ2v) is 38.2. The molecule has 0 spiro atoms. The zero-order valence-electron chi connectivity index (χ0n) is 83.6. The molecule has 20 rings (SSSR count). The average molecular weight is 2100 g/mol. The topological polar surface area (TPSA) is 370 Å². The fourth-order valence-electron chi connectivity index (χ4n) is 17.5. The summed E-state index contributed by atoms with van der Waals surface area (Å²) < 4.78 is 55.4. The van der Waals surface area contributed by atoms with E-state index in [1.807, 2.05) is 134 Å². The van der Waals surface area contributed by atoms with Gasteiger partial charge < -0.3 is 29.8 Å². The molecule has 1 amide bonds. The number of anilines is 6. The molecule has 764 valence electrons. The fraction of sp³-hybridized carbons (Fsp3) is 0.280. The van der Waals surface area contributed by atoms with Gasteiger partial charge in [-0.25, -0.2) is 17.6 Å². The number of Topliss-reactive ketones (excluding diaryl/α,β-unsaturated/α-hetero) is 4. The Labute approximate surface area is 876 Å². The maximum absolute atomic E-state index is 13.9. The van der Waals surface area contributed by atoms with Crippen LogP contribution in [0.1, 0.15) is 172 Å². The SMILES string of the molecule is CC1=C(c2ccc(CC(=O)c3c(C)cccc3Cl)cc2)CN(c2nnn(C)n2)CC1.CC1=C(c2ccc(CC(=O)c3cc(C)ccc3C)nc2)CN(c2nnn(C)n2)CC1.CC1=C(c2cnc(CC(=O)c3c(F)cccc3F)cn2)CN(c2nnn(C)n2)CC1.Cn1nnc(N2CCC(Cl)=C(c3ccc(CC(=O)c4ccccc4F)cc3)C2)n1.Cn1nnc(N2CCC(Cl)=C(c3ccc(NC(=O)c4c(F)cccc4Cl)cc3)C2)n1. The van der Waals surface area contributed by atoms with Crippen molar-refractivity contribution < 1.29 is 41.5 Å². The van der Waals surface area contributed by atoms with Crippen molar-refractivity contribution in [3.63, 3.8) is 0 Å². The Morgan fingerprint density at radius 3 is 1.16 bits per heavy atom. The summed E-state index contributed by atoms with van der Waals surface area (Å²) in [6.07, 6.45) is 9.54. The Bertz CT molecular complexity index is 7150. The number of hydrogen-bond donors (Lipinski definition) is 1. The van der Waals surface area contributed by atoms with Crippen molar-refractivity contribution in [3.05, 3.63) is 356 Å². The standard InChI is InChI=1S/C23H24ClN5O.C23H26N6O.C21H19ClFN5O.C20H17Cl2FN6O.C20H19F2N7O/c1-15-11-12-29(23-25-27-28(3)26-23)14-19(15)18-9-7-17(8-10-18)13-21(30)22-16(2)5-4-6-20(22)24;1-15-5-6-16(2)20(11-15)22(30)12-19-8-7-18(13-24-19)21-14-29(10-9-17(21)3)23-25-27-28(4)26-23;1-27-25-21(24-26-27)28-11-10-18(22)17(13-28)15-8-6-14(7-9-15)12-20(29)16-4-2-3-5-19(16)23;1-28-26-20(25-27-28)29-10-9-15(21)14(11-29)12-5-7-13(8-6-12)24-19(30)18-16(22)3-2-4-17(18)23;1-12-6-7-29(20-25-27-28(2)26-20)11-14(12)17-10-23-13(9-24-17)8-18(30)19-15(21)4-3-5-16(19)22/h4-10H,11-14H2,1-3H3;5-8,11,13H,9-10,12,14H2,1-4H3;2-9H,10-13H2,1H3;2-8H,9-11H2,1H3,(H,24,30);3-5,9-10H,6-8,11H2,1-2H3. The van der Waals surface area contributed by atoms with E-state index >= 15 is 0 Å². The molecule has 34 nitrogen and oxygen atoms in total. The summed E-state index contributed by atoms with van der Waals surface area (Å²) in [5.41, 5.74) is 21.3. The maximum Gasteiger partial charge on any atom is 0.266 e. The number of amides is 1. The minimum absolute atomic E-state index is 0.0406. The summed E-state index contributed by atoms with van der Waals surface area (Å²) in [5, 5.41) is 66.2. The summed E-state index contributed by atoms with van der Waals surface area (Å²) in [7, 11) is 8.69. The third kappa shape index (κ3) is 26.6. The molecule has 0 bridgehead atoms. The lowest BCUT2D eigenvalue weighted by atomic mass is 9.93. The van der Waals surface area contributed by atoms with Gasteiger partial charge in [0.05, 0.1) is 92.4 Å². The number of tetrazole rings is 5. The highest BCUT2D eigenvalue weighted by Gasteiger charge is 2.31. The van der Waals surface area contributed by atoms with Crippen molar-refractivity contribution in [2.45, 2.75) is 99.3 Å². The third-order valence-corrected chi connectivity index (χ3v) is 27.3. The predicted molar refractivity (Wildman–Crippen MR) is 563 cm³/mol. The summed E-state index contributed by atoms with van der Waals surface area (Å²) in [6, 6.07) is 52.1. The normalized spacial score (nSPS) is 14.3. The van der Waals surface area contributed by atoms with E-state index in [1.165, 1.54) is 94.4 Å². The molecule has 15 aromatic rings. The zero-order chi connectivity index (χ0) is 105. The second-order valence-electron chi connectivity index (χ2n) is 36.5. The Hall–Kier alpha value is -15.9. The first-order valence-corrected chi connectivity index (χ1v) is 49.4. The van der Waals surface area contributed by atoms with Crippen LogP contribution in [-0.4, -0.2) is 210 Å². The summed E-state index contributed by atoms with van der Waals surface area (Å²) in [6.45, 7) is 19.4. The number of rotatable bonds is 24. The highest BCUT2D eigenvalue weighted by atomic mass is 35.5. The van der Waals surface area contributed by atoms with Crippen molar-refractivity contribution in [2.75, 3.05) is 95.3 Å². The number of nitrogens with one attached hydrogen (secondary N) is 1. The van der Waals surface area contributed by atoms with Crippen LogP contribution in [0, 0.1) is 44.0 Å². The molecule has 7 aromatic heterocycles. The lowest BCUT2D eigenvalue weighted by Gasteiger charge is -2.29. The number of hydrogen-bond acceptors (Lipinski definition) is 28. The van der Waals surface area contributed by atoms with Crippen molar-refractivity contribution >= 4 is 139 Å². The van der Waals surface area contributed by atoms with Gasteiger partial charge in [-0.1, -0.05) is 209 Å². The molecule has 0 fully saturated rings. The molecule has 0 saturated carbocycles. The van der Waals surface area contributed by atoms with E-state index in [0.717, 1.165) is 159 Å². The van der Waals surface area contributed by atoms with Crippen LogP contribution in [0.25, 0.3) is 27.9 Å². The summed E-state index contributed by atoms with van der Waals surface area (Å²) >= 11 is 25.2. The van der Waals surface area contributed by atoms with Crippen LogP contribution < -0.4 is 29.8 Å². The maximum atomic E-state index is 13.9. The summed E-state index contributed by atoms with van der Waals surface area (Å²) in [5.74, 6) is -1.37. The quantitative estimate of drug-likeness (QED) is 0.0433. The number of carbonyl (C=O) groups excluding carboxylic acids is 5. The minimum atomic E-state index is -0.884. The third-order valence-electron chi connectivity index (χ3n) is 25.8.